The van der Waals surface area contributed by atoms with E-state index in [1.807, 2.05) is 0 Å². The van der Waals surface area contributed by atoms with Crippen molar-refractivity contribution in [2.24, 2.45) is 0 Å². The number of hydrogen-bond donors (Lipinski definition) is 1. The monoisotopic (exact) mass is 350 g/mol. The van der Waals surface area contributed by atoms with Gasteiger partial charge in [0.25, 0.3) is 5.91 Å². The van der Waals surface area contributed by atoms with Crippen molar-refractivity contribution in [1.82, 2.24) is 5.16 Å². The number of esters is 1. The van der Waals surface area contributed by atoms with Crippen LogP contribution in [0.15, 0.2) is 29.0 Å². The number of nitrogens with one attached hydrogen (secondary N) is 1. The zero-order chi connectivity index (χ0) is 18.2. The van der Waals surface area contributed by atoms with Crippen LogP contribution in [0.1, 0.15) is 5.56 Å². The van der Waals surface area contributed by atoms with E-state index in [1.165, 1.54) is 33.7 Å². The Labute approximate surface area is 143 Å². The van der Waals surface area contributed by atoms with Crippen LogP contribution in [0.25, 0.3) is 0 Å². The predicted octanol–water partition coefficient (Wildman–Crippen LogP) is 1.42. The largest absolute Gasteiger partial charge is 0.493 e. The highest BCUT2D eigenvalue weighted by Gasteiger charge is 2.16. The number of rotatable bonds is 8. The third kappa shape index (κ3) is 4.87. The molecule has 25 heavy (non-hydrogen) atoms. The van der Waals surface area contributed by atoms with Gasteiger partial charge in [-0.2, -0.15) is 0 Å². The molecule has 0 aliphatic carbocycles. The fourth-order valence-electron chi connectivity index (χ4n) is 2.06. The Hall–Kier alpha value is -3.23. The smallest absolute Gasteiger partial charge is 0.310 e. The van der Waals surface area contributed by atoms with E-state index < -0.39 is 18.5 Å². The maximum absolute atomic E-state index is 11.9. The Balaban J connectivity index is 1.94. The Morgan fingerprint density at radius 1 is 1.12 bits per heavy atom. The highest BCUT2D eigenvalue weighted by molar-refractivity contribution is 5.91. The molecule has 2 rings (SSSR count). The number of carbonyl (C=O) groups is 2. The molecule has 0 unspecified atom stereocenters. The molecule has 1 heterocycles. The zero-order valence-electron chi connectivity index (χ0n) is 14.0. The molecule has 0 aliphatic rings. The van der Waals surface area contributed by atoms with E-state index in [1.54, 1.807) is 12.1 Å². The van der Waals surface area contributed by atoms with Gasteiger partial charge in [0.15, 0.2) is 23.9 Å². The summed E-state index contributed by atoms with van der Waals surface area (Å²) < 4.78 is 25.2. The fraction of sp³-hybridized carbons (Fsp3) is 0.312. The van der Waals surface area contributed by atoms with Crippen molar-refractivity contribution in [2.75, 3.05) is 33.3 Å². The second-order valence-corrected chi connectivity index (χ2v) is 4.80. The lowest BCUT2D eigenvalue weighted by Crippen LogP contribution is -2.21. The van der Waals surface area contributed by atoms with Gasteiger partial charge >= 0.3 is 5.97 Å². The molecule has 9 heteroatoms. The summed E-state index contributed by atoms with van der Waals surface area (Å²) in [5, 5.41) is 5.93. The van der Waals surface area contributed by atoms with E-state index in [4.69, 9.17) is 18.9 Å². The van der Waals surface area contributed by atoms with Crippen molar-refractivity contribution in [1.29, 1.82) is 0 Å². The first-order chi connectivity index (χ1) is 12.1. The van der Waals surface area contributed by atoms with Gasteiger partial charge in [0.05, 0.1) is 27.8 Å². The molecular formula is C16H18N2O7. The van der Waals surface area contributed by atoms with Crippen molar-refractivity contribution in [2.45, 2.75) is 6.42 Å². The summed E-state index contributed by atoms with van der Waals surface area (Å²) in [7, 11) is 4.45. The fourth-order valence-corrected chi connectivity index (χ4v) is 2.06. The number of carbonyl (C=O) groups excluding carboxylic acids is 2. The number of benzene rings is 1. The number of methoxy groups -OCH3 is 3. The van der Waals surface area contributed by atoms with Crippen LogP contribution >= 0.6 is 0 Å². The summed E-state index contributed by atoms with van der Waals surface area (Å²) in [6.07, 6.45) is 1.25. The number of aromatic nitrogens is 1. The number of anilines is 1. The average molecular weight is 350 g/mol. The normalized spacial score (nSPS) is 10.0. The van der Waals surface area contributed by atoms with Crippen LogP contribution in [0, 0.1) is 0 Å². The van der Waals surface area contributed by atoms with E-state index in [0.717, 1.165) is 0 Å². The van der Waals surface area contributed by atoms with E-state index in [9.17, 15) is 9.59 Å². The van der Waals surface area contributed by atoms with E-state index in [-0.39, 0.29) is 12.2 Å². The number of nitrogens with zero attached hydrogens (tertiary/aromatic N) is 1. The van der Waals surface area contributed by atoms with E-state index >= 15 is 0 Å². The number of amides is 1. The lowest BCUT2D eigenvalue weighted by molar-refractivity contribution is -0.146. The van der Waals surface area contributed by atoms with E-state index in [2.05, 4.69) is 15.0 Å². The van der Waals surface area contributed by atoms with Crippen LogP contribution in [0.2, 0.25) is 0 Å². The molecule has 0 saturated carbocycles. The van der Waals surface area contributed by atoms with Gasteiger partial charge in [-0.05, 0) is 17.7 Å². The summed E-state index contributed by atoms with van der Waals surface area (Å²) >= 11 is 0. The molecule has 0 radical (unpaired) electrons. The Morgan fingerprint density at radius 2 is 1.80 bits per heavy atom. The SMILES string of the molecule is COc1cc(CC(=O)OCC(=O)Nc2ccon2)cc(OC)c1OC. The van der Waals surface area contributed by atoms with Crippen LogP contribution in [0.4, 0.5) is 5.82 Å². The molecule has 0 bridgehead atoms. The summed E-state index contributed by atoms with van der Waals surface area (Å²) in [6, 6.07) is 4.74. The minimum Gasteiger partial charge on any atom is -0.493 e. The molecule has 134 valence electrons. The Bertz CT molecular complexity index is 703. The summed E-state index contributed by atoms with van der Waals surface area (Å²) in [5.41, 5.74) is 0.594. The molecule has 0 atom stereocenters. The van der Waals surface area contributed by atoms with E-state index in [0.29, 0.717) is 22.8 Å². The Kier molecular flexibility index (Phi) is 6.21. The minimum atomic E-state index is -0.579. The van der Waals surface area contributed by atoms with Crippen LogP contribution in [0.3, 0.4) is 0 Å². The lowest BCUT2D eigenvalue weighted by Gasteiger charge is -2.14. The Morgan fingerprint density at radius 3 is 2.32 bits per heavy atom. The van der Waals surface area contributed by atoms with Gasteiger partial charge in [0.1, 0.15) is 6.26 Å². The summed E-state index contributed by atoms with van der Waals surface area (Å²) in [6.45, 7) is -0.434. The molecule has 1 amide bonds. The molecule has 1 aromatic carbocycles. The molecule has 1 aromatic heterocycles. The molecule has 0 saturated heterocycles. The van der Waals surface area contributed by atoms with Crippen molar-refractivity contribution in [3.8, 4) is 17.2 Å². The lowest BCUT2D eigenvalue weighted by atomic mass is 10.1. The molecule has 9 nitrogen and oxygen atoms in total. The summed E-state index contributed by atoms with van der Waals surface area (Å²) in [4.78, 5) is 23.5. The van der Waals surface area contributed by atoms with Crippen LogP contribution in [-0.2, 0) is 20.7 Å². The van der Waals surface area contributed by atoms with Crippen molar-refractivity contribution in [3.05, 3.63) is 30.0 Å². The minimum absolute atomic E-state index is 0.0616. The molecule has 0 spiro atoms. The van der Waals surface area contributed by atoms with Crippen molar-refractivity contribution in [3.63, 3.8) is 0 Å². The first-order valence-electron chi connectivity index (χ1n) is 7.22. The highest BCUT2D eigenvalue weighted by atomic mass is 16.5. The van der Waals surface area contributed by atoms with Crippen molar-refractivity contribution < 1.29 is 33.1 Å². The number of ether oxygens (including phenoxy) is 4. The van der Waals surface area contributed by atoms with Gasteiger partial charge in [0, 0.05) is 6.07 Å². The van der Waals surface area contributed by atoms with Crippen LogP contribution in [-0.4, -0.2) is 45.0 Å². The molecule has 2 aromatic rings. The second kappa shape index (κ2) is 8.57. The van der Waals surface area contributed by atoms with Gasteiger partial charge < -0.3 is 28.8 Å². The summed E-state index contributed by atoms with van der Waals surface area (Å²) in [5.74, 6) is 0.415. The van der Waals surface area contributed by atoms with Gasteiger partial charge in [-0.15, -0.1) is 0 Å². The average Bonchev–Trinajstić information content (AvgIpc) is 3.11. The van der Waals surface area contributed by atoms with Gasteiger partial charge in [-0.25, -0.2) is 0 Å². The third-order valence-electron chi connectivity index (χ3n) is 3.14. The maximum atomic E-state index is 11.9. The van der Waals surface area contributed by atoms with Gasteiger partial charge in [-0.1, -0.05) is 5.16 Å². The molecule has 0 aliphatic heterocycles. The molecule has 0 fully saturated rings. The van der Waals surface area contributed by atoms with Crippen LogP contribution < -0.4 is 19.5 Å². The van der Waals surface area contributed by atoms with Gasteiger partial charge in [-0.3, -0.25) is 9.59 Å². The van der Waals surface area contributed by atoms with Crippen molar-refractivity contribution >= 4 is 17.7 Å². The van der Waals surface area contributed by atoms with Gasteiger partial charge in [0.2, 0.25) is 5.75 Å². The maximum Gasteiger partial charge on any atom is 0.310 e. The predicted molar refractivity (Wildman–Crippen MR) is 85.9 cm³/mol. The first kappa shape index (κ1) is 18.1. The number of hydrogen-bond acceptors (Lipinski definition) is 8. The molecular weight excluding hydrogens is 332 g/mol. The second-order valence-electron chi connectivity index (χ2n) is 4.80. The topological polar surface area (TPSA) is 109 Å². The molecule has 1 N–H and O–H groups in total. The third-order valence-corrected chi connectivity index (χ3v) is 3.14. The quantitative estimate of drug-likeness (QED) is 0.712. The highest BCUT2D eigenvalue weighted by Crippen LogP contribution is 2.38. The van der Waals surface area contributed by atoms with Crippen LogP contribution in [0.5, 0.6) is 17.2 Å². The first-order valence-corrected chi connectivity index (χ1v) is 7.22. The zero-order valence-corrected chi connectivity index (χ0v) is 14.0. The standard InChI is InChI=1S/C16H18N2O7/c1-21-11-6-10(7-12(22-2)16(11)23-3)8-15(20)24-9-14(19)17-13-4-5-25-18-13/h4-7H,8-9H2,1-3H3,(H,17,18,19).